The van der Waals surface area contributed by atoms with Crippen LogP contribution in [0, 0.1) is 10.1 Å². The molecule has 30 heavy (non-hydrogen) atoms. The van der Waals surface area contributed by atoms with Gasteiger partial charge in [0.1, 0.15) is 11.4 Å². The Balaban J connectivity index is 1.73. The van der Waals surface area contributed by atoms with Crippen molar-refractivity contribution in [2.75, 3.05) is 30.9 Å². The highest BCUT2D eigenvalue weighted by Gasteiger charge is 2.18. The minimum atomic E-state index is -0.556. The Kier molecular flexibility index (Phi) is 6.50. The third kappa shape index (κ3) is 5.06. The van der Waals surface area contributed by atoms with Crippen LogP contribution in [0.15, 0.2) is 54.9 Å². The zero-order valence-corrected chi connectivity index (χ0v) is 16.0. The van der Waals surface area contributed by atoms with Crippen molar-refractivity contribution in [3.63, 3.8) is 0 Å². The van der Waals surface area contributed by atoms with E-state index in [4.69, 9.17) is 4.74 Å². The molecule has 3 rings (SSSR count). The molecule has 0 atom stereocenters. The van der Waals surface area contributed by atoms with E-state index in [9.17, 15) is 20.0 Å². The number of rotatable bonds is 8. The normalized spacial score (nSPS) is 10.4. The number of anilines is 2. The number of phenolic OH excluding ortho intramolecular Hbond substituents is 1. The molecule has 154 valence electrons. The van der Waals surface area contributed by atoms with Crippen LogP contribution in [0.4, 0.5) is 17.1 Å². The number of carbonyl (C=O) groups is 1. The summed E-state index contributed by atoms with van der Waals surface area (Å²) in [4.78, 5) is 31.6. The third-order valence-electron chi connectivity index (χ3n) is 4.09. The van der Waals surface area contributed by atoms with E-state index < -0.39 is 10.8 Å². The van der Waals surface area contributed by atoms with E-state index in [2.05, 4.69) is 20.6 Å². The number of methoxy groups -OCH3 is 1. The summed E-state index contributed by atoms with van der Waals surface area (Å²) in [7, 11) is 1.53. The summed E-state index contributed by atoms with van der Waals surface area (Å²) in [6.07, 6.45) is 2.83. The number of hydrogen-bond acceptors (Lipinski definition) is 8. The predicted octanol–water partition coefficient (Wildman–Crippen LogP) is 3.07. The molecule has 3 N–H and O–H groups in total. The minimum Gasteiger partial charge on any atom is -0.508 e. The molecule has 10 heteroatoms. The smallest absolute Gasteiger partial charge is 0.293 e. The highest BCUT2D eigenvalue weighted by molar-refractivity contribution is 6.05. The maximum Gasteiger partial charge on any atom is 0.293 e. The largest absolute Gasteiger partial charge is 0.508 e. The Morgan fingerprint density at radius 3 is 2.63 bits per heavy atom. The number of phenols is 1. The molecule has 0 aliphatic heterocycles. The first-order valence-electron chi connectivity index (χ1n) is 8.92. The van der Waals surface area contributed by atoms with Crippen molar-refractivity contribution >= 4 is 23.0 Å². The van der Waals surface area contributed by atoms with Crippen LogP contribution >= 0.6 is 0 Å². The summed E-state index contributed by atoms with van der Waals surface area (Å²) in [6, 6.07) is 10.6. The predicted molar refractivity (Wildman–Crippen MR) is 111 cm³/mol. The first kappa shape index (κ1) is 20.7. The second kappa shape index (κ2) is 9.43. The Hall–Kier alpha value is -4.05. The lowest BCUT2D eigenvalue weighted by Gasteiger charge is -2.09. The Morgan fingerprint density at radius 1 is 1.20 bits per heavy atom. The van der Waals surface area contributed by atoms with E-state index in [0.29, 0.717) is 35.9 Å². The van der Waals surface area contributed by atoms with E-state index in [0.717, 1.165) is 0 Å². The highest BCUT2D eigenvalue weighted by atomic mass is 16.6. The van der Waals surface area contributed by atoms with Crippen molar-refractivity contribution in [2.45, 2.75) is 0 Å². The number of nitro groups is 1. The van der Waals surface area contributed by atoms with Gasteiger partial charge in [-0.2, -0.15) is 0 Å². The number of nitrogens with one attached hydrogen (secondary N) is 2. The van der Waals surface area contributed by atoms with Gasteiger partial charge in [-0.3, -0.25) is 14.9 Å². The van der Waals surface area contributed by atoms with E-state index in [-0.39, 0.29) is 17.0 Å². The van der Waals surface area contributed by atoms with Crippen LogP contribution in [0.5, 0.6) is 5.75 Å². The van der Waals surface area contributed by atoms with Gasteiger partial charge < -0.3 is 20.5 Å². The molecule has 2 aromatic carbocycles. The average molecular weight is 409 g/mol. The number of ether oxygens (including phenoxy) is 1. The minimum absolute atomic E-state index is 0.0928. The van der Waals surface area contributed by atoms with Crippen LogP contribution in [-0.2, 0) is 4.74 Å². The fourth-order valence-corrected chi connectivity index (χ4v) is 2.65. The fourth-order valence-electron chi connectivity index (χ4n) is 2.65. The molecule has 0 saturated heterocycles. The number of nitro benzene ring substituents is 1. The molecule has 1 amide bonds. The summed E-state index contributed by atoms with van der Waals surface area (Å²) < 4.78 is 4.91. The van der Waals surface area contributed by atoms with Gasteiger partial charge >= 0.3 is 0 Å². The standard InChI is InChI=1S/C20H19N5O5/c1-30-8-7-21-17-6-5-14(10-18(17)25(28)29)20(27)24-15-11-22-19(23-12-15)13-3-2-4-16(26)9-13/h2-6,9-12,21,26H,7-8H2,1H3,(H,24,27). The van der Waals surface area contributed by atoms with Gasteiger partial charge in [-0.25, -0.2) is 9.97 Å². The van der Waals surface area contributed by atoms with Gasteiger partial charge in [0.15, 0.2) is 5.82 Å². The van der Waals surface area contributed by atoms with Crippen LogP contribution in [0.1, 0.15) is 10.4 Å². The number of carbonyl (C=O) groups excluding carboxylic acids is 1. The molecule has 0 fully saturated rings. The molecule has 1 heterocycles. The van der Waals surface area contributed by atoms with Crippen molar-refractivity contribution in [1.29, 1.82) is 0 Å². The molecule has 3 aromatic rings. The van der Waals surface area contributed by atoms with Gasteiger partial charge in [0.25, 0.3) is 11.6 Å². The summed E-state index contributed by atoms with van der Waals surface area (Å²) in [5.74, 6) is -0.0588. The second-order valence-corrected chi connectivity index (χ2v) is 6.21. The van der Waals surface area contributed by atoms with Crippen LogP contribution in [0.2, 0.25) is 0 Å². The van der Waals surface area contributed by atoms with E-state index in [1.54, 1.807) is 12.1 Å². The van der Waals surface area contributed by atoms with Gasteiger partial charge in [-0.05, 0) is 24.3 Å². The second-order valence-electron chi connectivity index (χ2n) is 6.21. The van der Waals surface area contributed by atoms with Gasteiger partial charge in [0, 0.05) is 30.8 Å². The molecule has 0 saturated carbocycles. The molecule has 0 spiro atoms. The number of hydrogen-bond donors (Lipinski definition) is 3. The number of benzene rings is 2. The quantitative estimate of drug-likeness (QED) is 0.293. The monoisotopic (exact) mass is 409 g/mol. The molecule has 1 aromatic heterocycles. The third-order valence-corrected chi connectivity index (χ3v) is 4.09. The Morgan fingerprint density at radius 2 is 1.97 bits per heavy atom. The molecular formula is C20H19N5O5. The highest BCUT2D eigenvalue weighted by Crippen LogP contribution is 2.26. The topological polar surface area (TPSA) is 140 Å². The van der Waals surface area contributed by atoms with E-state index in [1.165, 1.54) is 49.8 Å². The number of aromatic hydroxyl groups is 1. The van der Waals surface area contributed by atoms with Crippen molar-refractivity contribution < 1.29 is 19.6 Å². The summed E-state index contributed by atoms with van der Waals surface area (Å²) in [6.45, 7) is 0.781. The molecule has 0 unspecified atom stereocenters. The van der Waals surface area contributed by atoms with Crippen LogP contribution in [0.3, 0.4) is 0 Å². The van der Waals surface area contributed by atoms with Gasteiger partial charge in [-0.1, -0.05) is 12.1 Å². The van der Waals surface area contributed by atoms with Gasteiger partial charge in [-0.15, -0.1) is 0 Å². The molecule has 0 radical (unpaired) electrons. The van der Waals surface area contributed by atoms with Crippen molar-refractivity contribution in [3.05, 3.63) is 70.5 Å². The van der Waals surface area contributed by atoms with E-state index in [1.807, 2.05) is 0 Å². The maximum atomic E-state index is 12.5. The Bertz CT molecular complexity index is 1060. The van der Waals surface area contributed by atoms with Crippen molar-refractivity contribution in [1.82, 2.24) is 9.97 Å². The lowest BCUT2D eigenvalue weighted by Crippen LogP contribution is -2.14. The van der Waals surface area contributed by atoms with E-state index >= 15 is 0 Å². The van der Waals surface area contributed by atoms with Gasteiger partial charge in [0.2, 0.25) is 0 Å². The zero-order chi connectivity index (χ0) is 21.5. The fraction of sp³-hybridized carbons (Fsp3) is 0.150. The summed E-state index contributed by atoms with van der Waals surface area (Å²) >= 11 is 0. The first-order valence-corrected chi connectivity index (χ1v) is 8.92. The molecule has 0 aliphatic rings. The molecule has 0 aliphatic carbocycles. The first-order chi connectivity index (χ1) is 14.5. The lowest BCUT2D eigenvalue weighted by atomic mass is 10.1. The average Bonchev–Trinajstić information content (AvgIpc) is 2.74. The lowest BCUT2D eigenvalue weighted by molar-refractivity contribution is -0.384. The van der Waals surface area contributed by atoms with Crippen molar-refractivity contribution in [3.8, 4) is 17.1 Å². The Labute approximate surface area is 171 Å². The van der Waals surface area contributed by atoms with Crippen molar-refractivity contribution in [2.24, 2.45) is 0 Å². The van der Waals surface area contributed by atoms with Crippen LogP contribution in [-0.4, -0.2) is 46.2 Å². The number of amides is 1. The summed E-state index contributed by atoms with van der Waals surface area (Å²) in [5.41, 5.74) is 1.16. The van der Waals surface area contributed by atoms with Crippen LogP contribution in [0.25, 0.3) is 11.4 Å². The van der Waals surface area contributed by atoms with Crippen LogP contribution < -0.4 is 10.6 Å². The SMILES string of the molecule is COCCNc1ccc(C(=O)Nc2cnc(-c3cccc(O)c3)nc2)cc1[N+](=O)[O-]. The van der Waals surface area contributed by atoms with Gasteiger partial charge in [0.05, 0.1) is 29.6 Å². The summed E-state index contributed by atoms with van der Waals surface area (Å²) in [5, 5.41) is 26.4. The maximum absolute atomic E-state index is 12.5. The molecule has 0 bridgehead atoms. The number of nitrogens with zero attached hydrogens (tertiary/aromatic N) is 3. The molecule has 10 nitrogen and oxygen atoms in total. The number of aromatic nitrogens is 2. The molecular weight excluding hydrogens is 390 g/mol. The zero-order valence-electron chi connectivity index (χ0n) is 16.0.